The van der Waals surface area contributed by atoms with Crippen molar-refractivity contribution in [3.8, 4) is 0 Å². The molecule has 1 aromatic rings. The molecule has 1 fully saturated rings. The number of rotatable bonds is 3. The van der Waals surface area contributed by atoms with Gasteiger partial charge in [-0.1, -0.05) is 41.2 Å². The molecule has 1 saturated heterocycles. The molecule has 1 aliphatic rings. The second-order valence-electron chi connectivity index (χ2n) is 3.96. The van der Waals surface area contributed by atoms with Crippen molar-refractivity contribution in [3.05, 3.63) is 21.3 Å². The van der Waals surface area contributed by atoms with Crippen LogP contribution in [0, 0.1) is 0 Å². The zero-order valence-electron chi connectivity index (χ0n) is 9.18. The van der Waals surface area contributed by atoms with Gasteiger partial charge in [0.05, 0.1) is 10.0 Å². The highest BCUT2D eigenvalue weighted by Crippen LogP contribution is 2.30. The van der Waals surface area contributed by atoms with Crippen LogP contribution in [0.15, 0.2) is 6.07 Å². The van der Waals surface area contributed by atoms with Gasteiger partial charge in [0.25, 0.3) is 0 Å². The second kappa shape index (κ2) is 6.37. The molecule has 1 atom stereocenters. The highest BCUT2D eigenvalue weighted by atomic mass is 35.5. The zero-order chi connectivity index (χ0) is 12.3. The summed E-state index contributed by atoms with van der Waals surface area (Å²) in [5.41, 5.74) is 0. The molecule has 1 aliphatic heterocycles. The van der Waals surface area contributed by atoms with Crippen molar-refractivity contribution in [2.24, 2.45) is 0 Å². The van der Waals surface area contributed by atoms with Gasteiger partial charge < -0.3 is 5.32 Å². The minimum Gasteiger partial charge on any atom is -0.368 e. The molecule has 0 spiro atoms. The van der Waals surface area contributed by atoms with Gasteiger partial charge in [-0.3, -0.25) is 0 Å². The lowest BCUT2D eigenvalue weighted by Gasteiger charge is -2.22. The third-order valence-electron chi connectivity index (χ3n) is 2.66. The molecule has 6 heteroatoms. The molecule has 94 valence electrons. The van der Waals surface area contributed by atoms with Crippen molar-refractivity contribution in [1.82, 2.24) is 4.98 Å². The first-order chi connectivity index (χ1) is 8.16. The van der Waals surface area contributed by atoms with Crippen LogP contribution in [-0.2, 0) is 0 Å². The van der Waals surface area contributed by atoms with E-state index in [4.69, 9.17) is 34.8 Å². The molecule has 1 unspecified atom stereocenters. The van der Waals surface area contributed by atoms with E-state index in [-0.39, 0.29) is 5.15 Å². The van der Waals surface area contributed by atoms with Crippen molar-refractivity contribution < 1.29 is 0 Å². The molecule has 1 aromatic heterocycles. The van der Waals surface area contributed by atoms with Crippen LogP contribution in [-0.4, -0.2) is 22.5 Å². The lowest BCUT2D eigenvalue weighted by molar-refractivity contribution is 0.677. The van der Waals surface area contributed by atoms with Gasteiger partial charge in [-0.2, -0.15) is 11.8 Å². The Morgan fingerprint density at radius 1 is 1.29 bits per heavy atom. The fraction of sp³-hybridized carbons (Fsp3) is 0.545. The molecular weight excluding hydrogens is 299 g/mol. The molecule has 0 aliphatic carbocycles. The number of thioether (sulfide) groups is 1. The zero-order valence-corrected chi connectivity index (χ0v) is 12.3. The molecule has 17 heavy (non-hydrogen) atoms. The third-order valence-corrected chi connectivity index (χ3v) is 5.02. The Labute approximate surface area is 120 Å². The first kappa shape index (κ1) is 13.6. The molecule has 0 bridgehead atoms. The molecule has 1 N–H and O–H groups in total. The summed E-state index contributed by atoms with van der Waals surface area (Å²) in [5, 5.41) is 5.06. The molecule has 2 heterocycles. The second-order valence-corrected chi connectivity index (χ2v) is 6.54. The van der Waals surface area contributed by atoms with E-state index in [2.05, 4.69) is 10.3 Å². The van der Waals surface area contributed by atoms with Crippen LogP contribution in [0.3, 0.4) is 0 Å². The predicted molar refractivity (Wildman–Crippen MR) is 77.9 cm³/mol. The molecule has 0 saturated carbocycles. The average Bonchev–Trinajstić information content (AvgIpc) is 2.33. The Hall–Kier alpha value is 0.170. The number of hydrogen-bond donors (Lipinski definition) is 1. The fourth-order valence-electron chi connectivity index (χ4n) is 1.75. The van der Waals surface area contributed by atoms with Gasteiger partial charge in [0.2, 0.25) is 0 Å². The lowest BCUT2D eigenvalue weighted by atomic mass is 10.2. The van der Waals surface area contributed by atoms with E-state index in [1.807, 2.05) is 11.8 Å². The van der Waals surface area contributed by atoms with Crippen LogP contribution in [0.5, 0.6) is 0 Å². The largest absolute Gasteiger partial charge is 0.368 e. The van der Waals surface area contributed by atoms with Gasteiger partial charge in [0, 0.05) is 11.8 Å². The number of pyridine rings is 1. The van der Waals surface area contributed by atoms with Crippen LogP contribution in [0.1, 0.15) is 19.3 Å². The number of hydrogen-bond acceptors (Lipinski definition) is 3. The highest BCUT2D eigenvalue weighted by molar-refractivity contribution is 7.99. The minimum absolute atomic E-state index is 0.287. The van der Waals surface area contributed by atoms with Gasteiger partial charge in [0.15, 0.2) is 0 Å². The van der Waals surface area contributed by atoms with Crippen LogP contribution >= 0.6 is 46.6 Å². The summed E-state index contributed by atoms with van der Waals surface area (Å²) in [6, 6.07) is 1.62. The summed E-state index contributed by atoms with van der Waals surface area (Å²) in [4.78, 5) is 4.14. The van der Waals surface area contributed by atoms with Crippen LogP contribution in [0.4, 0.5) is 5.82 Å². The average molecular weight is 312 g/mol. The maximum Gasteiger partial charge on any atom is 0.150 e. The molecule has 0 radical (unpaired) electrons. The highest BCUT2D eigenvalue weighted by Gasteiger charge is 2.15. The van der Waals surface area contributed by atoms with E-state index in [1.54, 1.807) is 6.07 Å². The van der Waals surface area contributed by atoms with E-state index < -0.39 is 0 Å². The number of aromatic nitrogens is 1. The van der Waals surface area contributed by atoms with Crippen molar-refractivity contribution >= 4 is 52.4 Å². The standard InChI is InChI=1S/C11H13Cl3N2S/c12-8-5-9(13)11(16-10(8)14)15-6-7-3-1-2-4-17-7/h5,7H,1-4,6H2,(H,15,16). The van der Waals surface area contributed by atoms with Gasteiger partial charge in [-0.05, 0) is 24.7 Å². The van der Waals surface area contributed by atoms with Gasteiger partial charge in [-0.25, -0.2) is 4.98 Å². The third kappa shape index (κ3) is 3.82. The summed E-state index contributed by atoms with van der Waals surface area (Å²) in [7, 11) is 0. The van der Waals surface area contributed by atoms with Crippen molar-refractivity contribution in [2.75, 3.05) is 17.6 Å². The van der Waals surface area contributed by atoms with Gasteiger partial charge in [0.1, 0.15) is 11.0 Å². The van der Waals surface area contributed by atoms with E-state index >= 15 is 0 Å². The Morgan fingerprint density at radius 3 is 2.82 bits per heavy atom. The lowest BCUT2D eigenvalue weighted by Crippen LogP contribution is -2.20. The Balaban J connectivity index is 1.96. The van der Waals surface area contributed by atoms with Crippen molar-refractivity contribution in [1.29, 1.82) is 0 Å². The molecule has 0 aromatic carbocycles. The Bertz CT molecular complexity index is 395. The van der Waals surface area contributed by atoms with Crippen LogP contribution < -0.4 is 5.32 Å². The molecule has 2 nitrogen and oxygen atoms in total. The predicted octanol–water partition coefficient (Wildman–Crippen LogP) is 4.74. The molecule has 0 amide bonds. The fourth-order valence-corrected chi connectivity index (χ4v) is 3.55. The van der Waals surface area contributed by atoms with Gasteiger partial charge in [-0.15, -0.1) is 0 Å². The Morgan fingerprint density at radius 2 is 2.12 bits per heavy atom. The van der Waals surface area contributed by atoms with Crippen molar-refractivity contribution in [3.63, 3.8) is 0 Å². The van der Waals surface area contributed by atoms with Gasteiger partial charge >= 0.3 is 0 Å². The quantitative estimate of drug-likeness (QED) is 0.816. The Kier molecular flexibility index (Phi) is 5.10. The molecule has 2 rings (SSSR count). The number of nitrogens with one attached hydrogen (secondary N) is 1. The number of nitrogens with zero attached hydrogens (tertiary/aromatic N) is 1. The minimum atomic E-state index is 0.287. The topological polar surface area (TPSA) is 24.9 Å². The maximum absolute atomic E-state index is 6.04. The summed E-state index contributed by atoms with van der Waals surface area (Å²) in [5.74, 6) is 1.86. The monoisotopic (exact) mass is 310 g/mol. The van der Waals surface area contributed by atoms with Crippen LogP contribution in [0.2, 0.25) is 15.2 Å². The van der Waals surface area contributed by atoms with Crippen LogP contribution in [0.25, 0.3) is 0 Å². The van der Waals surface area contributed by atoms with Crippen molar-refractivity contribution in [2.45, 2.75) is 24.5 Å². The summed E-state index contributed by atoms with van der Waals surface area (Å²) >= 11 is 19.7. The SMILES string of the molecule is Clc1cc(Cl)c(NCC2CCCCS2)nc1Cl. The van der Waals surface area contributed by atoms with E-state index in [0.717, 1.165) is 6.54 Å². The maximum atomic E-state index is 6.04. The summed E-state index contributed by atoms with van der Waals surface area (Å²) in [6.07, 6.45) is 3.88. The summed E-state index contributed by atoms with van der Waals surface area (Å²) < 4.78 is 0. The number of halogens is 3. The normalized spacial score (nSPS) is 20.3. The smallest absolute Gasteiger partial charge is 0.150 e. The molecular formula is C11H13Cl3N2S. The van der Waals surface area contributed by atoms with E-state index in [9.17, 15) is 0 Å². The van der Waals surface area contributed by atoms with E-state index in [0.29, 0.717) is 21.1 Å². The number of anilines is 1. The first-order valence-electron chi connectivity index (χ1n) is 5.54. The van der Waals surface area contributed by atoms with E-state index in [1.165, 1.54) is 25.0 Å². The first-order valence-corrected chi connectivity index (χ1v) is 7.72. The summed E-state index contributed by atoms with van der Waals surface area (Å²) in [6.45, 7) is 0.870.